The van der Waals surface area contributed by atoms with Gasteiger partial charge in [0.2, 0.25) is 5.13 Å². The molecule has 8 nitrogen and oxygen atoms in total. The molecular formula is C20H18Cl2N4O4S. The van der Waals surface area contributed by atoms with Crippen molar-refractivity contribution in [3.63, 3.8) is 0 Å². The molecule has 0 saturated heterocycles. The molecule has 0 saturated carbocycles. The van der Waals surface area contributed by atoms with Crippen LogP contribution in [0.4, 0.5) is 15.6 Å². The Morgan fingerprint density at radius 1 is 1.06 bits per heavy atom. The summed E-state index contributed by atoms with van der Waals surface area (Å²) in [6.07, 6.45) is -0.588. The first-order valence-corrected chi connectivity index (χ1v) is 10.5. The van der Waals surface area contributed by atoms with E-state index in [-0.39, 0.29) is 15.9 Å². The lowest BCUT2D eigenvalue weighted by Gasteiger charge is -2.19. The average Bonchev–Trinajstić information content (AvgIpc) is 3.11. The Morgan fingerprint density at radius 3 is 2.39 bits per heavy atom. The topological polar surface area (TPSA) is 113 Å². The summed E-state index contributed by atoms with van der Waals surface area (Å²) in [5, 5.41) is 24.2. The first-order valence-electron chi connectivity index (χ1n) is 8.95. The molecule has 0 radical (unpaired) electrons. The Morgan fingerprint density at radius 2 is 1.74 bits per heavy atom. The highest BCUT2D eigenvalue weighted by molar-refractivity contribution is 7.18. The van der Waals surface area contributed by atoms with Gasteiger partial charge in [0.1, 0.15) is 11.4 Å². The second-order valence-electron chi connectivity index (χ2n) is 7.35. The van der Waals surface area contributed by atoms with Crippen molar-refractivity contribution in [2.75, 3.05) is 10.6 Å². The number of ether oxygens (including phenoxy) is 1. The molecule has 11 heteroatoms. The second kappa shape index (κ2) is 9.09. The van der Waals surface area contributed by atoms with E-state index < -0.39 is 17.6 Å². The smallest absolute Gasteiger partial charge is 0.412 e. The van der Waals surface area contributed by atoms with Crippen LogP contribution in [-0.4, -0.2) is 32.9 Å². The van der Waals surface area contributed by atoms with Crippen molar-refractivity contribution in [1.29, 1.82) is 0 Å². The van der Waals surface area contributed by atoms with E-state index in [9.17, 15) is 14.7 Å². The van der Waals surface area contributed by atoms with E-state index in [1.54, 1.807) is 45.0 Å². The van der Waals surface area contributed by atoms with Gasteiger partial charge in [0, 0.05) is 16.3 Å². The lowest BCUT2D eigenvalue weighted by molar-refractivity contribution is 0.0636. The molecular weight excluding hydrogens is 463 g/mol. The van der Waals surface area contributed by atoms with Crippen LogP contribution in [0.3, 0.4) is 0 Å². The maximum atomic E-state index is 12.5. The molecule has 31 heavy (non-hydrogen) atoms. The summed E-state index contributed by atoms with van der Waals surface area (Å²) in [6, 6.07) is 9.17. The van der Waals surface area contributed by atoms with E-state index in [2.05, 4.69) is 20.8 Å². The summed E-state index contributed by atoms with van der Waals surface area (Å²) in [5.41, 5.74) is 0.531. The third kappa shape index (κ3) is 6.06. The zero-order valence-electron chi connectivity index (χ0n) is 16.7. The first-order chi connectivity index (χ1) is 14.5. The Hall–Kier alpha value is -2.88. The SMILES string of the molecule is CC(C)(C)OC(=O)Nc1ccc(C(=O)Nc2nnc(-c3cc(Cl)cc(Cl)c3O)s2)cc1. The molecule has 0 fully saturated rings. The minimum atomic E-state index is -0.613. The molecule has 0 aliphatic rings. The summed E-state index contributed by atoms with van der Waals surface area (Å²) in [5.74, 6) is -0.590. The van der Waals surface area contributed by atoms with Crippen LogP contribution in [0.5, 0.6) is 5.75 Å². The number of hydrogen-bond donors (Lipinski definition) is 3. The molecule has 0 unspecified atom stereocenters. The zero-order valence-corrected chi connectivity index (χ0v) is 19.0. The summed E-state index contributed by atoms with van der Waals surface area (Å²) in [6.45, 7) is 5.30. The van der Waals surface area contributed by atoms with Crippen LogP contribution in [0.25, 0.3) is 10.6 Å². The number of hydrogen-bond acceptors (Lipinski definition) is 7. The standard InChI is InChI=1S/C20H18Cl2N4O4S/c1-20(2,3)30-19(29)23-12-6-4-10(5-7-12)16(28)24-18-26-25-17(31-18)13-8-11(21)9-14(22)15(13)27/h4-9,27H,1-3H3,(H,23,29)(H,24,26,28). The van der Waals surface area contributed by atoms with Gasteiger partial charge >= 0.3 is 6.09 Å². The fourth-order valence-corrected chi connectivity index (χ4v) is 3.66. The van der Waals surface area contributed by atoms with Gasteiger partial charge in [0.15, 0.2) is 5.01 Å². The molecule has 1 aromatic heterocycles. The van der Waals surface area contributed by atoms with Crippen molar-refractivity contribution in [3.05, 3.63) is 52.0 Å². The molecule has 3 aromatic rings. The van der Waals surface area contributed by atoms with E-state index >= 15 is 0 Å². The van der Waals surface area contributed by atoms with Gasteiger partial charge in [-0.05, 0) is 57.2 Å². The number of phenolic OH excluding ortho intramolecular Hbond substituents is 1. The highest BCUT2D eigenvalue weighted by Crippen LogP contribution is 2.39. The van der Waals surface area contributed by atoms with Crippen molar-refractivity contribution < 1.29 is 19.4 Å². The fraction of sp³-hybridized carbons (Fsp3) is 0.200. The Bertz CT molecular complexity index is 1130. The first kappa shape index (κ1) is 22.8. The van der Waals surface area contributed by atoms with Gasteiger partial charge in [0.05, 0.1) is 10.6 Å². The molecule has 3 rings (SSSR count). The lowest BCUT2D eigenvalue weighted by Crippen LogP contribution is -2.27. The number of halogens is 2. The predicted octanol–water partition coefficient (Wildman–Crippen LogP) is 5.82. The number of phenols is 1. The lowest BCUT2D eigenvalue weighted by atomic mass is 10.2. The molecule has 2 amide bonds. The van der Waals surface area contributed by atoms with Crippen LogP contribution in [0, 0.1) is 0 Å². The normalized spacial score (nSPS) is 11.1. The van der Waals surface area contributed by atoms with Crippen LogP contribution in [0.1, 0.15) is 31.1 Å². The number of nitrogens with zero attached hydrogens (tertiary/aromatic N) is 2. The number of anilines is 2. The van der Waals surface area contributed by atoms with Crippen LogP contribution in [-0.2, 0) is 4.74 Å². The molecule has 3 N–H and O–H groups in total. The number of carbonyl (C=O) groups is 2. The Labute approximate surface area is 192 Å². The van der Waals surface area contributed by atoms with Gasteiger partial charge < -0.3 is 9.84 Å². The van der Waals surface area contributed by atoms with Crippen LogP contribution < -0.4 is 10.6 Å². The largest absolute Gasteiger partial charge is 0.506 e. The third-order valence-corrected chi connectivity index (χ3v) is 5.07. The predicted molar refractivity (Wildman–Crippen MR) is 121 cm³/mol. The average molecular weight is 481 g/mol. The van der Waals surface area contributed by atoms with Crippen molar-refractivity contribution >= 4 is 57.4 Å². The molecule has 2 aromatic carbocycles. The minimum Gasteiger partial charge on any atom is -0.506 e. The highest BCUT2D eigenvalue weighted by Gasteiger charge is 2.18. The maximum absolute atomic E-state index is 12.5. The number of aromatic hydroxyl groups is 1. The zero-order chi connectivity index (χ0) is 22.8. The highest BCUT2D eigenvalue weighted by atomic mass is 35.5. The summed E-state index contributed by atoms with van der Waals surface area (Å²) in [4.78, 5) is 24.3. The van der Waals surface area contributed by atoms with Crippen molar-refractivity contribution in [1.82, 2.24) is 10.2 Å². The molecule has 0 bridgehead atoms. The minimum absolute atomic E-state index is 0.0865. The van der Waals surface area contributed by atoms with Gasteiger partial charge in [-0.1, -0.05) is 34.5 Å². The summed E-state index contributed by atoms with van der Waals surface area (Å²) in [7, 11) is 0. The van der Waals surface area contributed by atoms with Crippen molar-refractivity contribution in [3.8, 4) is 16.3 Å². The van der Waals surface area contributed by atoms with Crippen molar-refractivity contribution in [2.45, 2.75) is 26.4 Å². The summed E-state index contributed by atoms with van der Waals surface area (Å²) >= 11 is 13.0. The van der Waals surface area contributed by atoms with E-state index in [1.165, 1.54) is 12.1 Å². The molecule has 0 atom stereocenters. The summed E-state index contributed by atoms with van der Waals surface area (Å²) < 4.78 is 5.18. The molecule has 1 heterocycles. The van der Waals surface area contributed by atoms with Gasteiger partial charge in [-0.2, -0.15) is 0 Å². The molecule has 0 aliphatic carbocycles. The second-order valence-corrected chi connectivity index (χ2v) is 9.18. The number of benzene rings is 2. The van der Waals surface area contributed by atoms with Crippen LogP contribution >= 0.6 is 34.5 Å². The van der Waals surface area contributed by atoms with E-state index in [0.29, 0.717) is 26.8 Å². The molecule has 162 valence electrons. The molecule has 0 spiro atoms. The monoisotopic (exact) mass is 480 g/mol. The van der Waals surface area contributed by atoms with Gasteiger partial charge in [-0.25, -0.2) is 4.79 Å². The number of nitrogens with one attached hydrogen (secondary N) is 2. The molecule has 0 aliphatic heterocycles. The maximum Gasteiger partial charge on any atom is 0.412 e. The number of aromatic nitrogens is 2. The van der Waals surface area contributed by atoms with E-state index in [0.717, 1.165) is 11.3 Å². The number of rotatable bonds is 4. The fourth-order valence-electron chi connectivity index (χ4n) is 2.41. The third-order valence-electron chi connectivity index (χ3n) is 3.70. The van der Waals surface area contributed by atoms with E-state index in [4.69, 9.17) is 27.9 Å². The number of carbonyl (C=O) groups excluding carboxylic acids is 2. The quantitative estimate of drug-likeness (QED) is 0.433. The Kier molecular flexibility index (Phi) is 6.68. The Balaban J connectivity index is 1.67. The van der Waals surface area contributed by atoms with Crippen LogP contribution in [0.2, 0.25) is 10.0 Å². The van der Waals surface area contributed by atoms with Gasteiger partial charge in [-0.15, -0.1) is 10.2 Å². The van der Waals surface area contributed by atoms with Gasteiger partial charge in [-0.3, -0.25) is 15.4 Å². The van der Waals surface area contributed by atoms with Gasteiger partial charge in [0.25, 0.3) is 5.91 Å². The number of amides is 2. The van der Waals surface area contributed by atoms with Crippen molar-refractivity contribution in [2.24, 2.45) is 0 Å². The van der Waals surface area contributed by atoms with Crippen LogP contribution in [0.15, 0.2) is 36.4 Å². The van der Waals surface area contributed by atoms with E-state index in [1.807, 2.05) is 0 Å².